The highest BCUT2D eigenvalue weighted by Crippen LogP contribution is 2.24. The van der Waals surface area contributed by atoms with Crippen LogP contribution in [0.5, 0.6) is 0 Å². The zero-order valence-corrected chi connectivity index (χ0v) is 7.98. The Bertz CT molecular complexity index is 258. The van der Waals surface area contributed by atoms with Crippen molar-refractivity contribution in [2.45, 2.75) is 25.1 Å². The molecule has 0 aliphatic heterocycles. The van der Waals surface area contributed by atoms with E-state index >= 15 is 0 Å². The number of rotatable bonds is 2. The Morgan fingerprint density at radius 3 is 2.33 bits per heavy atom. The van der Waals surface area contributed by atoms with Crippen molar-refractivity contribution >= 4 is 11.6 Å². The van der Waals surface area contributed by atoms with Gasteiger partial charge in [0.15, 0.2) is 0 Å². The fraction of sp³-hybridized carbons (Fsp3) is 0.400. The van der Waals surface area contributed by atoms with E-state index in [-0.39, 0.29) is 17.1 Å². The highest BCUT2D eigenvalue weighted by Gasteiger charge is 2.14. The van der Waals surface area contributed by atoms with Crippen molar-refractivity contribution < 1.29 is 4.39 Å². The third-order valence-corrected chi connectivity index (χ3v) is 2.46. The third kappa shape index (κ3) is 1.98. The lowest BCUT2D eigenvalue weighted by Crippen LogP contribution is -2.06. The van der Waals surface area contributed by atoms with Gasteiger partial charge in [-0.3, -0.25) is 0 Å². The third-order valence-electron chi connectivity index (χ3n) is 2.08. The maximum atomic E-state index is 13.1. The van der Waals surface area contributed by atoms with Gasteiger partial charge in [0.25, 0.3) is 0 Å². The molecule has 0 radical (unpaired) electrons. The second-order valence-electron chi connectivity index (χ2n) is 2.99. The van der Waals surface area contributed by atoms with Crippen LogP contribution in [0.4, 0.5) is 4.39 Å². The first-order valence-corrected chi connectivity index (χ1v) is 4.45. The number of hydrogen-bond acceptors (Lipinski definition) is 0. The van der Waals surface area contributed by atoms with Crippen LogP contribution in [0.2, 0.25) is 0 Å². The van der Waals surface area contributed by atoms with E-state index in [1.165, 1.54) is 6.07 Å². The van der Waals surface area contributed by atoms with Gasteiger partial charge in [-0.05, 0) is 18.6 Å². The van der Waals surface area contributed by atoms with E-state index in [0.717, 1.165) is 0 Å². The molecular formula is C10H12ClF. The summed E-state index contributed by atoms with van der Waals surface area (Å²) in [4.78, 5) is 0. The molecule has 0 bridgehead atoms. The summed E-state index contributed by atoms with van der Waals surface area (Å²) in [6.07, 6.45) is 0. The van der Waals surface area contributed by atoms with Gasteiger partial charge < -0.3 is 0 Å². The maximum absolute atomic E-state index is 13.1. The predicted molar refractivity (Wildman–Crippen MR) is 50.1 cm³/mol. The molecule has 0 saturated carbocycles. The molecule has 0 aliphatic rings. The molecule has 0 aliphatic carbocycles. The standard InChI is InChI=1S/C10H12ClF/c1-7(8(2)11)9-5-3-4-6-10(9)12/h3-8H,1-2H3. The van der Waals surface area contributed by atoms with Crippen LogP contribution in [0.1, 0.15) is 25.3 Å². The molecule has 1 aromatic carbocycles. The van der Waals surface area contributed by atoms with Crippen LogP contribution in [-0.4, -0.2) is 5.38 Å². The van der Waals surface area contributed by atoms with E-state index in [2.05, 4.69) is 0 Å². The van der Waals surface area contributed by atoms with Gasteiger partial charge in [0.2, 0.25) is 0 Å². The molecule has 2 unspecified atom stereocenters. The SMILES string of the molecule is CC(Cl)C(C)c1ccccc1F. The molecule has 0 nitrogen and oxygen atoms in total. The second-order valence-corrected chi connectivity index (χ2v) is 3.68. The maximum Gasteiger partial charge on any atom is 0.126 e. The van der Waals surface area contributed by atoms with Gasteiger partial charge >= 0.3 is 0 Å². The average Bonchev–Trinajstić information content (AvgIpc) is 2.04. The van der Waals surface area contributed by atoms with Crippen molar-refractivity contribution in [3.63, 3.8) is 0 Å². The van der Waals surface area contributed by atoms with Crippen LogP contribution in [0.25, 0.3) is 0 Å². The van der Waals surface area contributed by atoms with Gasteiger partial charge in [-0.15, -0.1) is 11.6 Å². The minimum atomic E-state index is -0.169. The van der Waals surface area contributed by atoms with Gasteiger partial charge in [-0.25, -0.2) is 4.39 Å². The first kappa shape index (κ1) is 9.53. The fourth-order valence-corrected chi connectivity index (χ4v) is 1.23. The first-order valence-electron chi connectivity index (χ1n) is 4.01. The largest absolute Gasteiger partial charge is 0.207 e. The monoisotopic (exact) mass is 186 g/mol. The van der Waals surface area contributed by atoms with Crippen molar-refractivity contribution in [3.05, 3.63) is 35.6 Å². The van der Waals surface area contributed by atoms with Crippen molar-refractivity contribution in [2.24, 2.45) is 0 Å². The first-order chi connectivity index (χ1) is 5.63. The molecule has 0 aromatic heterocycles. The quantitative estimate of drug-likeness (QED) is 0.620. The molecule has 0 amide bonds. The number of hydrogen-bond donors (Lipinski definition) is 0. The van der Waals surface area contributed by atoms with Gasteiger partial charge in [-0.1, -0.05) is 25.1 Å². The molecule has 2 atom stereocenters. The predicted octanol–water partition coefficient (Wildman–Crippen LogP) is 3.56. The molecule has 1 aromatic rings. The molecule has 0 saturated heterocycles. The van der Waals surface area contributed by atoms with Gasteiger partial charge in [0.1, 0.15) is 5.82 Å². The topological polar surface area (TPSA) is 0 Å². The molecule has 0 fully saturated rings. The minimum absolute atomic E-state index is 0.0399. The van der Waals surface area contributed by atoms with Gasteiger partial charge in [-0.2, -0.15) is 0 Å². The Morgan fingerprint density at radius 2 is 1.83 bits per heavy atom. The summed E-state index contributed by atoms with van der Waals surface area (Å²) in [5.41, 5.74) is 0.694. The van der Waals surface area contributed by atoms with Crippen molar-refractivity contribution in [3.8, 4) is 0 Å². The Kier molecular flexibility index (Phi) is 3.10. The lowest BCUT2D eigenvalue weighted by molar-refractivity contribution is 0.585. The molecule has 0 heterocycles. The van der Waals surface area contributed by atoms with Crippen LogP contribution in [0, 0.1) is 5.82 Å². The van der Waals surface area contributed by atoms with Crippen molar-refractivity contribution in [2.75, 3.05) is 0 Å². The number of halogens is 2. The zero-order valence-electron chi connectivity index (χ0n) is 7.22. The molecule has 0 N–H and O–H groups in total. The molecular weight excluding hydrogens is 175 g/mol. The zero-order chi connectivity index (χ0) is 9.14. The van der Waals surface area contributed by atoms with E-state index in [1.807, 2.05) is 19.9 Å². The Morgan fingerprint density at radius 1 is 1.25 bits per heavy atom. The fourth-order valence-electron chi connectivity index (χ4n) is 1.09. The number of benzene rings is 1. The summed E-state index contributed by atoms with van der Waals surface area (Å²) in [6.45, 7) is 3.80. The lowest BCUT2D eigenvalue weighted by Gasteiger charge is -2.14. The summed E-state index contributed by atoms with van der Waals surface area (Å²) in [5.74, 6) is -0.106. The van der Waals surface area contributed by atoms with Gasteiger partial charge in [0.05, 0.1) is 0 Å². The summed E-state index contributed by atoms with van der Waals surface area (Å²) in [7, 11) is 0. The van der Waals surface area contributed by atoms with Crippen molar-refractivity contribution in [1.82, 2.24) is 0 Å². The molecule has 0 spiro atoms. The summed E-state index contributed by atoms with van der Waals surface area (Å²) < 4.78 is 13.1. The Labute approximate surface area is 77.4 Å². The van der Waals surface area contributed by atoms with Crippen LogP contribution >= 0.6 is 11.6 Å². The molecule has 1 rings (SSSR count). The normalized spacial score (nSPS) is 15.7. The van der Waals surface area contributed by atoms with Crippen LogP contribution in [0.3, 0.4) is 0 Å². The second kappa shape index (κ2) is 3.90. The smallest absolute Gasteiger partial charge is 0.126 e. The van der Waals surface area contributed by atoms with E-state index < -0.39 is 0 Å². The summed E-state index contributed by atoms with van der Waals surface area (Å²) >= 11 is 5.87. The van der Waals surface area contributed by atoms with E-state index in [9.17, 15) is 4.39 Å². The highest BCUT2D eigenvalue weighted by atomic mass is 35.5. The van der Waals surface area contributed by atoms with E-state index in [0.29, 0.717) is 5.56 Å². The summed E-state index contributed by atoms with van der Waals surface area (Å²) in [5, 5.41) is -0.0399. The molecule has 2 heteroatoms. The van der Waals surface area contributed by atoms with Crippen LogP contribution in [-0.2, 0) is 0 Å². The van der Waals surface area contributed by atoms with E-state index in [4.69, 9.17) is 11.6 Å². The lowest BCUT2D eigenvalue weighted by atomic mass is 9.98. The Hall–Kier alpha value is -0.560. The summed E-state index contributed by atoms with van der Waals surface area (Å²) in [6, 6.07) is 6.75. The van der Waals surface area contributed by atoms with Crippen molar-refractivity contribution in [1.29, 1.82) is 0 Å². The van der Waals surface area contributed by atoms with E-state index in [1.54, 1.807) is 12.1 Å². The average molecular weight is 187 g/mol. The van der Waals surface area contributed by atoms with Gasteiger partial charge in [0, 0.05) is 11.3 Å². The highest BCUT2D eigenvalue weighted by molar-refractivity contribution is 6.20. The van der Waals surface area contributed by atoms with Crippen LogP contribution in [0.15, 0.2) is 24.3 Å². The molecule has 66 valence electrons. The van der Waals surface area contributed by atoms with Crippen LogP contribution < -0.4 is 0 Å². The minimum Gasteiger partial charge on any atom is -0.207 e. The number of alkyl halides is 1. The molecule has 12 heavy (non-hydrogen) atoms. The Balaban J connectivity index is 2.94.